The second-order valence-electron chi connectivity index (χ2n) is 3.01. The number of terminal acetylenes is 1. The van der Waals surface area contributed by atoms with Crippen LogP contribution in [0.25, 0.3) is 0 Å². The van der Waals surface area contributed by atoms with Gasteiger partial charge in [0, 0.05) is 0 Å². The highest BCUT2D eigenvalue weighted by atomic mass is 16.7. The van der Waals surface area contributed by atoms with Crippen LogP contribution >= 0.6 is 0 Å². The van der Waals surface area contributed by atoms with E-state index in [0.717, 1.165) is 6.42 Å². The van der Waals surface area contributed by atoms with Crippen LogP contribution in [0, 0.1) is 12.3 Å². The van der Waals surface area contributed by atoms with Crippen molar-refractivity contribution >= 4 is 5.91 Å². The monoisotopic (exact) mass is 183 g/mol. The summed E-state index contributed by atoms with van der Waals surface area (Å²) >= 11 is 0. The molecule has 0 spiro atoms. The predicted octanol–water partition coefficient (Wildman–Crippen LogP) is -0.111. The summed E-state index contributed by atoms with van der Waals surface area (Å²) < 4.78 is 10.7. The first kappa shape index (κ1) is 10.0. The van der Waals surface area contributed by atoms with Crippen LogP contribution in [-0.2, 0) is 14.3 Å². The van der Waals surface area contributed by atoms with E-state index in [0.29, 0.717) is 13.2 Å². The number of amides is 1. The second-order valence-corrected chi connectivity index (χ2v) is 3.01. The maximum Gasteiger partial charge on any atom is 0.295 e. The van der Waals surface area contributed by atoms with Crippen molar-refractivity contribution in [1.82, 2.24) is 5.32 Å². The van der Waals surface area contributed by atoms with Gasteiger partial charge < -0.3 is 14.8 Å². The predicted molar refractivity (Wildman–Crippen MR) is 46.8 cm³/mol. The van der Waals surface area contributed by atoms with E-state index in [-0.39, 0.29) is 6.54 Å². The van der Waals surface area contributed by atoms with Crippen molar-refractivity contribution in [2.75, 3.05) is 19.8 Å². The molecule has 0 aromatic rings. The zero-order valence-electron chi connectivity index (χ0n) is 7.63. The minimum absolute atomic E-state index is 0.288. The molecule has 1 fully saturated rings. The Morgan fingerprint density at radius 1 is 1.62 bits per heavy atom. The molecule has 13 heavy (non-hydrogen) atoms. The average molecular weight is 183 g/mol. The quantitative estimate of drug-likeness (QED) is 0.607. The Morgan fingerprint density at radius 3 is 2.77 bits per heavy atom. The number of carbonyl (C=O) groups excluding carboxylic acids is 1. The fourth-order valence-electron chi connectivity index (χ4n) is 1.07. The van der Waals surface area contributed by atoms with E-state index in [4.69, 9.17) is 15.9 Å². The molecule has 0 radical (unpaired) electrons. The first-order valence-electron chi connectivity index (χ1n) is 4.19. The summed E-state index contributed by atoms with van der Waals surface area (Å²) in [5.41, 5.74) is 0. The molecule has 72 valence electrons. The van der Waals surface area contributed by atoms with Gasteiger partial charge in [-0.1, -0.05) is 0 Å². The van der Waals surface area contributed by atoms with Gasteiger partial charge in [0.2, 0.25) is 0 Å². The lowest BCUT2D eigenvalue weighted by molar-refractivity contribution is -0.251. The molecule has 0 aliphatic carbocycles. The number of nitrogens with one attached hydrogen (secondary N) is 1. The van der Waals surface area contributed by atoms with Crippen LogP contribution in [0.1, 0.15) is 13.3 Å². The SMILES string of the molecule is C#CC(=O)NCC1(C)OCCCO1. The van der Waals surface area contributed by atoms with Crippen LogP contribution in [0.4, 0.5) is 0 Å². The Labute approximate surface area is 77.6 Å². The molecule has 1 aliphatic heterocycles. The smallest absolute Gasteiger partial charge is 0.295 e. The maximum absolute atomic E-state index is 10.7. The Kier molecular flexibility index (Phi) is 3.29. The Bertz CT molecular complexity index is 226. The van der Waals surface area contributed by atoms with Crippen LogP contribution in [0.3, 0.4) is 0 Å². The summed E-state index contributed by atoms with van der Waals surface area (Å²) in [6.45, 7) is 3.38. The molecule has 0 aromatic heterocycles. The van der Waals surface area contributed by atoms with Crippen LogP contribution in [0.2, 0.25) is 0 Å². The van der Waals surface area contributed by atoms with Crippen LogP contribution in [0.5, 0.6) is 0 Å². The largest absolute Gasteiger partial charge is 0.348 e. The van der Waals surface area contributed by atoms with Gasteiger partial charge in [0.15, 0.2) is 5.79 Å². The van der Waals surface area contributed by atoms with Crippen molar-refractivity contribution in [2.45, 2.75) is 19.1 Å². The molecule has 1 amide bonds. The standard InChI is InChI=1S/C9H13NO3/c1-3-8(11)10-7-9(2)12-5-4-6-13-9/h1H,4-7H2,2H3,(H,10,11). The van der Waals surface area contributed by atoms with Gasteiger partial charge in [-0.3, -0.25) is 4.79 Å². The third-order valence-corrected chi connectivity index (χ3v) is 1.80. The van der Waals surface area contributed by atoms with Gasteiger partial charge in [-0.15, -0.1) is 6.42 Å². The van der Waals surface area contributed by atoms with Gasteiger partial charge in [-0.2, -0.15) is 0 Å². The van der Waals surface area contributed by atoms with Crippen molar-refractivity contribution in [3.63, 3.8) is 0 Å². The highest BCUT2D eigenvalue weighted by molar-refractivity contribution is 5.92. The van der Waals surface area contributed by atoms with Crippen LogP contribution < -0.4 is 5.32 Å². The number of carbonyl (C=O) groups is 1. The zero-order chi connectivity index (χ0) is 9.73. The number of hydrogen-bond acceptors (Lipinski definition) is 3. The van der Waals surface area contributed by atoms with E-state index in [1.165, 1.54) is 0 Å². The average Bonchev–Trinajstić information content (AvgIpc) is 2.15. The molecule has 1 N–H and O–H groups in total. The fourth-order valence-corrected chi connectivity index (χ4v) is 1.07. The third kappa shape index (κ3) is 3.05. The summed E-state index contributed by atoms with van der Waals surface area (Å²) in [5, 5.41) is 2.52. The van der Waals surface area contributed by atoms with Gasteiger partial charge in [0.1, 0.15) is 0 Å². The van der Waals surface area contributed by atoms with Crippen molar-refractivity contribution < 1.29 is 14.3 Å². The van der Waals surface area contributed by atoms with E-state index in [1.807, 2.05) is 5.92 Å². The molecule has 1 saturated heterocycles. The summed E-state index contributed by atoms with van der Waals surface area (Å²) in [6.07, 6.45) is 5.77. The van der Waals surface area contributed by atoms with Crippen LogP contribution in [-0.4, -0.2) is 31.5 Å². The molecule has 0 bridgehead atoms. The molecular weight excluding hydrogens is 170 g/mol. The Balaban J connectivity index is 2.34. The Morgan fingerprint density at radius 2 is 2.23 bits per heavy atom. The second kappa shape index (κ2) is 4.26. The number of hydrogen-bond donors (Lipinski definition) is 1. The fraction of sp³-hybridized carbons (Fsp3) is 0.667. The molecule has 0 saturated carbocycles. The molecule has 1 rings (SSSR count). The Hall–Kier alpha value is -1.05. The first-order valence-corrected chi connectivity index (χ1v) is 4.19. The van der Waals surface area contributed by atoms with Gasteiger partial charge in [0.05, 0.1) is 19.8 Å². The molecule has 4 nitrogen and oxygen atoms in total. The number of ether oxygens (including phenoxy) is 2. The minimum Gasteiger partial charge on any atom is -0.348 e. The van der Waals surface area contributed by atoms with Crippen molar-refractivity contribution in [1.29, 1.82) is 0 Å². The lowest BCUT2D eigenvalue weighted by Gasteiger charge is -2.33. The van der Waals surface area contributed by atoms with E-state index < -0.39 is 11.7 Å². The molecule has 0 aromatic carbocycles. The van der Waals surface area contributed by atoms with Crippen molar-refractivity contribution in [2.24, 2.45) is 0 Å². The normalized spacial score (nSPS) is 20.3. The van der Waals surface area contributed by atoms with E-state index in [2.05, 4.69) is 5.32 Å². The third-order valence-electron chi connectivity index (χ3n) is 1.80. The van der Waals surface area contributed by atoms with Crippen molar-refractivity contribution in [3.05, 3.63) is 0 Å². The molecule has 1 aliphatic rings. The number of rotatable bonds is 2. The van der Waals surface area contributed by atoms with Gasteiger partial charge >= 0.3 is 0 Å². The highest BCUT2D eigenvalue weighted by Gasteiger charge is 2.28. The van der Waals surface area contributed by atoms with E-state index >= 15 is 0 Å². The lowest BCUT2D eigenvalue weighted by atomic mass is 10.3. The summed E-state index contributed by atoms with van der Waals surface area (Å²) in [6, 6.07) is 0. The topological polar surface area (TPSA) is 47.6 Å². The first-order chi connectivity index (χ1) is 6.16. The molecule has 0 atom stereocenters. The zero-order valence-corrected chi connectivity index (χ0v) is 7.63. The molecule has 1 heterocycles. The van der Waals surface area contributed by atoms with Gasteiger partial charge in [-0.25, -0.2) is 0 Å². The maximum atomic E-state index is 10.7. The molecular formula is C9H13NO3. The lowest BCUT2D eigenvalue weighted by Crippen LogP contribution is -2.47. The van der Waals surface area contributed by atoms with Crippen molar-refractivity contribution in [3.8, 4) is 12.3 Å². The minimum atomic E-state index is -0.717. The van der Waals surface area contributed by atoms with Crippen LogP contribution in [0.15, 0.2) is 0 Å². The molecule has 4 heteroatoms. The van der Waals surface area contributed by atoms with Gasteiger partial charge in [0.25, 0.3) is 5.91 Å². The van der Waals surface area contributed by atoms with E-state index in [1.54, 1.807) is 6.92 Å². The highest BCUT2D eigenvalue weighted by Crippen LogP contribution is 2.16. The molecule has 0 unspecified atom stereocenters. The summed E-state index contributed by atoms with van der Waals surface area (Å²) in [7, 11) is 0. The summed E-state index contributed by atoms with van der Waals surface area (Å²) in [5.74, 6) is 0.798. The van der Waals surface area contributed by atoms with E-state index in [9.17, 15) is 4.79 Å². The van der Waals surface area contributed by atoms with Gasteiger partial charge in [-0.05, 0) is 19.3 Å². The summed E-state index contributed by atoms with van der Waals surface area (Å²) in [4.78, 5) is 10.7.